The minimum Gasteiger partial charge on any atom is -0.450 e. The molecule has 1 aromatic rings. The van der Waals surface area contributed by atoms with Crippen molar-refractivity contribution in [3.05, 3.63) is 6.20 Å². The fourth-order valence-electron chi connectivity index (χ4n) is 1.24. The van der Waals surface area contributed by atoms with E-state index in [1.807, 2.05) is 0 Å². The van der Waals surface area contributed by atoms with E-state index in [1.54, 1.807) is 14.0 Å². The first-order chi connectivity index (χ1) is 9.06. The van der Waals surface area contributed by atoms with Crippen LogP contribution in [0.1, 0.15) is 6.92 Å². The monoisotopic (exact) mass is 271 g/mol. The van der Waals surface area contributed by atoms with Crippen molar-refractivity contribution in [2.75, 3.05) is 32.1 Å². The van der Waals surface area contributed by atoms with Crippen molar-refractivity contribution in [1.82, 2.24) is 19.9 Å². The van der Waals surface area contributed by atoms with Crippen LogP contribution in [-0.4, -0.2) is 63.8 Å². The Morgan fingerprint density at radius 1 is 1.58 bits per heavy atom. The smallest absolute Gasteiger partial charge is 0.412 e. The molecule has 9 heteroatoms. The lowest BCUT2D eigenvalue weighted by Crippen LogP contribution is -2.32. The van der Waals surface area contributed by atoms with Gasteiger partial charge in [0.25, 0.3) is 0 Å². The fourth-order valence-corrected chi connectivity index (χ4v) is 1.24. The predicted molar refractivity (Wildman–Crippen MR) is 65.4 cm³/mol. The molecule has 0 aliphatic carbocycles. The molecule has 0 unspecified atom stereocenters. The minimum atomic E-state index is -0.627. The maximum Gasteiger partial charge on any atom is 0.412 e. The first-order valence-corrected chi connectivity index (χ1v) is 5.75. The molecule has 1 rings (SSSR count). The average Bonchev–Trinajstić information content (AvgIpc) is 2.77. The molecule has 1 heterocycles. The standard InChI is InChI=1S/C10H17N5O4/c1-3-19-10(18)11-8-6-15(13-12-8)7-9(17)14(2)4-5-16/h6,16H,3-5,7H2,1-2H3,(H,11,18). The number of carbonyl (C=O) groups excluding carboxylic acids is 2. The number of hydrogen-bond acceptors (Lipinski definition) is 6. The zero-order valence-electron chi connectivity index (χ0n) is 10.9. The van der Waals surface area contributed by atoms with Crippen molar-refractivity contribution in [2.24, 2.45) is 0 Å². The molecule has 2 amide bonds. The van der Waals surface area contributed by atoms with Gasteiger partial charge in [-0.25, -0.2) is 9.48 Å². The van der Waals surface area contributed by atoms with Crippen molar-refractivity contribution >= 4 is 17.8 Å². The molecule has 9 nitrogen and oxygen atoms in total. The summed E-state index contributed by atoms with van der Waals surface area (Å²) in [5.74, 6) is -0.0160. The number of anilines is 1. The van der Waals surface area contributed by atoms with Gasteiger partial charge in [-0.3, -0.25) is 10.1 Å². The molecule has 0 aliphatic rings. The molecule has 2 N–H and O–H groups in total. The van der Waals surface area contributed by atoms with Crippen LogP contribution in [0, 0.1) is 0 Å². The van der Waals surface area contributed by atoms with Gasteiger partial charge in [-0.05, 0) is 6.92 Å². The molecule has 0 spiro atoms. The lowest BCUT2D eigenvalue weighted by molar-refractivity contribution is -0.131. The number of aromatic nitrogens is 3. The zero-order valence-corrected chi connectivity index (χ0v) is 10.9. The van der Waals surface area contributed by atoms with Gasteiger partial charge in [-0.2, -0.15) is 0 Å². The summed E-state index contributed by atoms with van der Waals surface area (Å²) < 4.78 is 5.97. The molecular formula is C10H17N5O4. The number of amides is 2. The number of nitrogens with zero attached hydrogens (tertiary/aromatic N) is 4. The van der Waals surface area contributed by atoms with Gasteiger partial charge in [-0.15, -0.1) is 5.10 Å². The number of aliphatic hydroxyl groups is 1. The third-order valence-electron chi connectivity index (χ3n) is 2.20. The van der Waals surface area contributed by atoms with Crippen molar-refractivity contribution in [3.63, 3.8) is 0 Å². The third kappa shape index (κ3) is 4.92. The van der Waals surface area contributed by atoms with Crippen LogP contribution in [0.15, 0.2) is 6.20 Å². The van der Waals surface area contributed by atoms with E-state index in [4.69, 9.17) is 5.11 Å². The van der Waals surface area contributed by atoms with E-state index in [0.717, 1.165) is 0 Å². The molecule has 0 aromatic carbocycles. The van der Waals surface area contributed by atoms with Gasteiger partial charge < -0.3 is 14.7 Å². The lowest BCUT2D eigenvalue weighted by atomic mass is 10.5. The normalized spacial score (nSPS) is 10.1. The highest BCUT2D eigenvalue weighted by Gasteiger charge is 2.11. The first-order valence-electron chi connectivity index (χ1n) is 5.75. The summed E-state index contributed by atoms with van der Waals surface area (Å²) in [5.41, 5.74) is 0. The van der Waals surface area contributed by atoms with E-state index in [9.17, 15) is 9.59 Å². The summed E-state index contributed by atoms with van der Waals surface area (Å²) in [6.07, 6.45) is 0.792. The Kier molecular flexibility index (Phi) is 5.73. The van der Waals surface area contributed by atoms with Gasteiger partial charge in [0.1, 0.15) is 6.54 Å². The summed E-state index contributed by atoms with van der Waals surface area (Å²) in [7, 11) is 1.58. The number of carbonyl (C=O) groups is 2. The Bertz CT molecular complexity index is 433. The van der Waals surface area contributed by atoms with E-state index in [2.05, 4.69) is 20.4 Å². The van der Waals surface area contributed by atoms with Crippen LogP contribution in [0.4, 0.5) is 10.6 Å². The maximum atomic E-state index is 11.7. The quantitative estimate of drug-likeness (QED) is 0.707. The summed E-state index contributed by atoms with van der Waals surface area (Å²) in [4.78, 5) is 24.1. The van der Waals surface area contributed by atoms with Crippen LogP contribution in [0.5, 0.6) is 0 Å². The highest BCUT2D eigenvalue weighted by atomic mass is 16.5. The molecule has 19 heavy (non-hydrogen) atoms. The van der Waals surface area contributed by atoms with Crippen molar-refractivity contribution in [2.45, 2.75) is 13.5 Å². The minimum absolute atomic E-state index is 0.0198. The van der Waals surface area contributed by atoms with Gasteiger partial charge in [0.05, 0.1) is 19.4 Å². The average molecular weight is 271 g/mol. The van der Waals surface area contributed by atoms with Crippen LogP contribution in [0.3, 0.4) is 0 Å². The maximum absolute atomic E-state index is 11.7. The second-order valence-electron chi connectivity index (χ2n) is 3.69. The van der Waals surface area contributed by atoms with Crippen molar-refractivity contribution < 1.29 is 19.4 Å². The number of ether oxygens (including phenoxy) is 1. The van der Waals surface area contributed by atoms with Crippen LogP contribution in [0.25, 0.3) is 0 Å². The number of likely N-dealkylation sites (N-methyl/N-ethyl adjacent to an activating group) is 1. The van der Waals surface area contributed by atoms with E-state index < -0.39 is 6.09 Å². The van der Waals surface area contributed by atoms with Gasteiger partial charge in [0.15, 0.2) is 5.82 Å². The molecule has 0 atom stereocenters. The Labute approximate surface area is 110 Å². The highest BCUT2D eigenvalue weighted by Crippen LogP contribution is 2.01. The molecular weight excluding hydrogens is 254 g/mol. The van der Waals surface area contributed by atoms with Crippen LogP contribution < -0.4 is 5.32 Å². The topological polar surface area (TPSA) is 110 Å². The highest BCUT2D eigenvalue weighted by molar-refractivity contribution is 5.83. The van der Waals surface area contributed by atoms with E-state index in [0.29, 0.717) is 0 Å². The van der Waals surface area contributed by atoms with Crippen LogP contribution in [0.2, 0.25) is 0 Å². The van der Waals surface area contributed by atoms with Gasteiger partial charge in [0, 0.05) is 13.6 Å². The van der Waals surface area contributed by atoms with Gasteiger partial charge in [-0.1, -0.05) is 5.21 Å². The Morgan fingerprint density at radius 3 is 2.95 bits per heavy atom. The summed E-state index contributed by atoms with van der Waals surface area (Å²) in [6.45, 7) is 2.07. The molecule has 106 valence electrons. The number of aliphatic hydroxyl groups excluding tert-OH is 1. The molecule has 0 aliphatic heterocycles. The molecule has 0 bridgehead atoms. The van der Waals surface area contributed by atoms with Gasteiger partial charge >= 0.3 is 6.09 Å². The fraction of sp³-hybridized carbons (Fsp3) is 0.600. The van der Waals surface area contributed by atoms with Gasteiger partial charge in [0.2, 0.25) is 5.91 Å². The molecule has 0 fully saturated rings. The summed E-state index contributed by atoms with van der Waals surface area (Å²) >= 11 is 0. The van der Waals surface area contributed by atoms with Crippen molar-refractivity contribution in [3.8, 4) is 0 Å². The Morgan fingerprint density at radius 2 is 2.32 bits per heavy atom. The molecule has 1 aromatic heterocycles. The van der Waals surface area contributed by atoms with Crippen LogP contribution in [-0.2, 0) is 16.1 Å². The van der Waals surface area contributed by atoms with E-state index >= 15 is 0 Å². The second kappa shape index (κ2) is 7.31. The largest absolute Gasteiger partial charge is 0.450 e. The molecule has 0 saturated heterocycles. The SMILES string of the molecule is CCOC(=O)Nc1cn(CC(=O)N(C)CCO)nn1. The number of nitrogens with one attached hydrogen (secondary N) is 1. The van der Waals surface area contributed by atoms with Crippen molar-refractivity contribution in [1.29, 1.82) is 0 Å². The summed E-state index contributed by atoms with van der Waals surface area (Å²) in [5, 5.41) is 18.5. The molecule has 0 radical (unpaired) electrons. The van der Waals surface area contributed by atoms with E-state index in [-0.39, 0.29) is 38.0 Å². The Hall–Kier alpha value is -2.16. The number of rotatable bonds is 6. The Balaban J connectivity index is 2.50. The van der Waals surface area contributed by atoms with Crippen LogP contribution >= 0.6 is 0 Å². The molecule has 0 saturated carbocycles. The number of hydrogen-bond donors (Lipinski definition) is 2. The summed E-state index contributed by atoms with van der Waals surface area (Å²) in [6, 6.07) is 0. The first kappa shape index (κ1) is 14.9. The predicted octanol–water partition coefficient (Wildman–Crippen LogP) is -0.703. The zero-order chi connectivity index (χ0) is 14.3. The third-order valence-corrected chi connectivity index (χ3v) is 2.20. The lowest BCUT2D eigenvalue weighted by Gasteiger charge is -2.14. The van der Waals surface area contributed by atoms with E-state index in [1.165, 1.54) is 15.8 Å². The second-order valence-corrected chi connectivity index (χ2v) is 3.69.